The van der Waals surface area contributed by atoms with E-state index in [1.54, 1.807) is 18.2 Å². The molecule has 0 radical (unpaired) electrons. The molecule has 1 amide bonds. The minimum absolute atomic E-state index is 0.135. The highest BCUT2D eigenvalue weighted by molar-refractivity contribution is 6.30. The van der Waals surface area contributed by atoms with Crippen LogP contribution in [0.25, 0.3) is 0 Å². The van der Waals surface area contributed by atoms with Gasteiger partial charge in [-0.25, -0.2) is 4.98 Å². The highest BCUT2D eigenvalue weighted by Crippen LogP contribution is 2.17. The Morgan fingerprint density at radius 1 is 1.25 bits per heavy atom. The Morgan fingerprint density at radius 2 is 2.00 bits per heavy atom. The molecule has 20 heavy (non-hydrogen) atoms. The molecule has 0 fully saturated rings. The number of ketones is 1. The van der Waals surface area contributed by atoms with E-state index in [1.807, 2.05) is 0 Å². The van der Waals surface area contributed by atoms with Gasteiger partial charge in [0, 0.05) is 17.4 Å². The first-order valence-electron chi connectivity index (χ1n) is 5.81. The SMILES string of the molecule is CC(=O)c1ccc(N)c(C(=O)Nc2ccc(Cl)cn2)c1. The Balaban J connectivity index is 2.26. The van der Waals surface area contributed by atoms with Crippen molar-refractivity contribution in [1.29, 1.82) is 0 Å². The summed E-state index contributed by atoms with van der Waals surface area (Å²) >= 11 is 5.71. The highest BCUT2D eigenvalue weighted by Gasteiger charge is 2.13. The largest absolute Gasteiger partial charge is 0.398 e. The topological polar surface area (TPSA) is 85.1 Å². The molecule has 1 aromatic carbocycles. The number of hydrogen-bond donors (Lipinski definition) is 2. The molecule has 0 saturated heterocycles. The van der Waals surface area contributed by atoms with Gasteiger partial charge in [-0.15, -0.1) is 0 Å². The molecule has 0 atom stereocenters. The molecule has 5 nitrogen and oxygen atoms in total. The summed E-state index contributed by atoms with van der Waals surface area (Å²) in [5, 5.41) is 3.07. The minimum Gasteiger partial charge on any atom is -0.398 e. The Kier molecular flexibility index (Phi) is 4.00. The summed E-state index contributed by atoms with van der Waals surface area (Å²) in [6, 6.07) is 7.75. The number of Topliss-reactive ketones (excluding diaryl/α,β-unsaturated/α-hetero) is 1. The van der Waals surface area contributed by atoms with Gasteiger partial charge in [0.1, 0.15) is 5.82 Å². The first-order chi connectivity index (χ1) is 9.47. The van der Waals surface area contributed by atoms with Gasteiger partial charge in [-0.2, -0.15) is 0 Å². The lowest BCUT2D eigenvalue weighted by molar-refractivity contribution is 0.101. The third kappa shape index (κ3) is 3.13. The molecule has 0 spiro atoms. The van der Waals surface area contributed by atoms with E-state index in [0.717, 1.165) is 0 Å². The fourth-order valence-electron chi connectivity index (χ4n) is 1.61. The quantitative estimate of drug-likeness (QED) is 0.672. The molecule has 3 N–H and O–H groups in total. The van der Waals surface area contributed by atoms with Crippen molar-refractivity contribution < 1.29 is 9.59 Å². The first kappa shape index (κ1) is 14.0. The van der Waals surface area contributed by atoms with Gasteiger partial charge in [-0.1, -0.05) is 11.6 Å². The van der Waals surface area contributed by atoms with Crippen LogP contribution in [0.1, 0.15) is 27.6 Å². The number of carbonyl (C=O) groups excluding carboxylic acids is 2. The molecule has 0 saturated carbocycles. The van der Waals surface area contributed by atoms with Gasteiger partial charge < -0.3 is 11.1 Å². The number of nitrogens with one attached hydrogen (secondary N) is 1. The summed E-state index contributed by atoms with van der Waals surface area (Å²) in [5.41, 5.74) is 6.70. The average molecular weight is 290 g/mol. The number of carbonyl (C=O) groups is 2. The van der Waals surface area contributed by atoms with Crippen LogP contribution >= 0.6 is 11.6 Å². The van der Waals surface area contributed by atoms with Crippen LogP contribution in [-0.4, -0.2) is 16.7 Å². The zero-order valence-electron chi connectivity index (χ0n) is 10.7. The number of amides is 1. The predicted molar refractivity (Wildman–Crippen MR) is 78.1 cm³/mol. The van der Waals surface area contributed by atoms with Crippen LogP contribution in [-0.2, 0) is 0 Å². The monoisotopic (exact) mass is 289 g/mol. The molecule has 2 aromatic rings. The average Bonchev–Trinajstić information content (AvgIpc) is 2.41. The number of nitrogens with two attached hydrogens (primary N) is 1. The van der Waals surface area contributed by atoms with Crippen LogP contribution in [0.15, 0.2) is 36.5 Å². The Labute approximate surface area is 120 Å². The van der Waals surface area contributed by atoms with Crippen molar-refractivity contribution in [3.63, 3.8) is 0 Å². The Bertz CT molecular complexity index is 669. The summed E-state index contributed by atoms with van der Waals surface area (Å²) in [7, 11) is 0. The normalized spacial score (nSPS) is 10.1. The molecule has 0 aliphatic rings. The van der Waals surface area contributed by atoms with E-state index < -0.39 is 5.91 Å². The molecular formula is C14H12ClN3O2. The van der Waals surface area contributed by atoms with E-state index in [2.05, 4.69) is 10.3 Å². The van der Waals surface area contributed by atoms with Crippen molar-refractivity contribution in [2.45, 2.75) is 6.92 Å². The molecule has 0 bridgehead atoms. The molecule has 6 heteroatoms. The second-order valence-electron chi connectivity index (χ2n) is 4.17. The molecule has 0 aliphatic carbocycles. The summed E-state index contributed by atoms with van der Waals surface area (Å²) in [6.45, 7) is 1.42. The number of benzene rings is 1. The zero-order valence-corrected chi connectivity index (χ0v) is 11.4. The second-order valence-corrected chi connectivity index (χ2v) is 4.61. The minimum atomic E-state index is -0.430. The summed E-state index contributed by atoms with van der Waals surface area (Å²) in [4.78, 5) is 27.4. The molecule has 2 rings (SSSR count). The molecule has 0 unspecified atom stereocenters. The Morgan fingerprint density at radius 3 is 2.60 bits per heavy atom. The van der Waals surface area contributed by atoms with E-state index in [0.29, 0.717) is 22.1 Å². The molecule has 102 valence electrons. The lowest BCUT2D eigenvalue weighted by Crippen LogP contribution is -2.15. The van der Waals surface area contributed by atoms with Crippen LogP contribution in [0.3, 0.4) is 0 Å². The molecule has 1 heterocycles. The van der Waals surface area contributed by atoms with E-state index in [-0.39, 0.29) is 11.3 Å². The molecule has 1 aromatic heterocycles. The lowest BCUT2D eigenvalue weighted by Gasteiger charge is -2.08. The third-order valence-corrected chi connectivity index (χ3v) is 2.90. The first-order valence-corrected chi connectivity index (χ1v) is 6.18. The fourth-order valence-corrected chi connectivity index (χ4v) is 1.72. The Hall–Kier alpha value is -2.40. The fraction of sp³-hybridized carbons (Fsp3) is 0.0714. The van der Waals surface area contributed by atoms with Gasteiger partial charge in [-0.3, -0.25) is 9.59 Å². The maximum Gasteiger partial charge on any atom is 0.258 e. The number of rotatable bonds is 3. The number of nitrogen functional groups attached to an aromatic ring is 1. The maximum absolute atomic E-state index is 12.1. The van der Waals surface area contributed by atoms with E-state index in [9.17, 15) is 9.59 Å². The van der Waals surface area contributed by atoms with E-state index >= 15 is 0 Å². The predicted octanol–water partition coefficient (Wildman–Crippen LogP) is 2.77. The van der Waals surface area contributed by atoms with Crippen LogP contribution in [0.2, 0.25) is 5.02 Å². The second kappa shape index (κ2) is 5.71. The maximum atomic E-state index is 12.1. The number of anilines is 2. The van der Waals surface area contributed by atoms with Gasteiger partial charge in [0.05, 0.1) is 10.6 Å². The number of pyridine rings is 1. The van der Waals surface area contributed by atoms with Crippen LogP contribution in [0, 0.1) is 0 Å². The van der Waals surface area contributed by atoms with Gasteiger partial charge in [0.15, 0.2) is 5.78 Å². The van der Waals surface area contributed by atoms with Gasteiger partial charge in [0.25, 0.3) is 5.91 Å². The van der Waals surface area contributed by atoms with Gasteiger partial charge in [-0.05, 0) is 37.3 Å². The van der Waals surface area contributed by atoms with E-state index in [4.69, 9.17) is 17.3 Å². The summed E-state index contributed by atoms with van der Waals surface area (Å²) < 4.78 is 0. The number of aromatic nitrogens is 1. The summed E-state index contributed by atoms with van der Waals surface area (Å²) in [6.07, 6.45) is 1.42. The smallest absolute Gasteiger partial charge is 0.258 e. The zero-order chi connectivity index (χ0) is 14.7. The lowest BCUT2D eigenvalue weighted by atomic mass is 10.1. The van der Waals surface area contributed by atoms with Gasteiger partial charge >= 0.3 is 0 Å². The van der Waals surface area contributed by atoms with Crippen LogP contribution < -0.4 is 11.1 Å². The van der Waals surface area contributed by atoms with Crippen molar-refractivity contribution in [3.05, 3.63) is 52.7 Å². The van der Waals surface area contributed by atoms with Gasteiger partial charge in [0.2, 0.25) is 0 Å². The molecule has 0 aliphatic heterocycles. The number of halogens is 1. The van der Waals surface area contributed by atoms with Crippen molar-refractivity contribution in [3.8, 4) is 0 Å². The van der Waals surface area contributed by atoms with Crippen molar-refractivity contribution in [1.82, 2.24) is 4.98 Å². The van der Waals surface area contributed by atoms with Crippen molar-refractivity contribution in [2.24, 2.45) is 0 Å². The number of hydrogen-bond acceptors (Lipinski definition) is 4. The van der Waals surface area contributed by atoms with Crippen molar-refractivity contribution in [2.75, 3.05) is 11.1 Å². The van der Waals surface area contributed by atoms with Crippen LogP contribution in [0.5, 0.6) is 0 Å². The third-order valence-electron chi connectivity index (χ3n) is 2.67. The standard InChI is InChI=1S/C14H12ClN3O2/c1-8(19)9-2-4-12(16)11(6-9)14(20)18-13-5-3-10(15)7-17-13/h2-7H,16H2,1H3,(H,17,18,20). The van der Waals surface area contributed by atoms with Crippen LogP contribution in [0.4, 0.5) is 11.5 Å². The highest BCUT2D eigenvalue weighted by atomic mass is 35.5. The molecular weight excluding hydrogens is 278 g/mol. The number of nitrogens with zero attached hydrogens (tertiary/aromatic N) is 1. The van der Waals surface area contributed by atoms with Crippen molar-refractivity contribution >= 4 is 34.8 Å². The van der Waals surface area contributed by atoms with E-state index in [1.165, 1.54) is 25.3 Å². The summed E-state index contributed by atoms with van der Waals surface area (Å²) in [5.74, 6) is -0.212.